The van der Waals surface area contributed by atoms with E-state index in [-0.39, 0.29) is 33.5 Å². The van der Waals surface area contributed by atoms with Crippen molar-refractivity contribution < 1.29 is 22.8 Å². The number of nitrogens with zero attached hydrogens (tertiary/aromatic N) is 5. The van der Waals surface area contributed by atoms with E-state index in [9.17, 15) is 28.5 Å². The van der Waals surface area contributed by atoms with Crippen molar-refractivity contribution in [1.82, 2.24) is 18.9 Å². The molecule has 0 radical (unpaired) electrons. The van der Waals surface area contributed by atoms with Crippen LogP contribution in [0, 0.1) is 27.6 Å². The van der Waals surface area contributed by atoms with Crippen LogP contribution in [-0.2, 0) is 11.9 Å². The van der Waals surface area contributed by atoms with Crippen molar-refractivity contribution in [3.63, 3.8) is 0 Å². The highest BCUT2D eigenvalue weighted by atomic mass is 79.9. The molecule has 2 heterocycles. The van der Waals surface area contributed by atoms with E-state index in [0.29, 0.717) is 10.3 Å². The molecule has 0 amide bonds. The van der Waals surface area contributed by atoms with Gasteiger partial charge in [-0.25, -0.2) is 27.2 Å². The minimum absolute atomic E-state index is 0.00256. The van der Waals surface area contributed by atoms with Gasteiger partial charge in [-0.05, 0) is 36.4 Å². The van der Waals surface area contributed by atoms with Crippen molar-refractivity contribution in [2.45, 2.75) is 11.9 Å². The molecule has 0 aliphatic carbocycles. The van der Waals surface area contributed by atoms with Gasteiger partial charge in [0.25, 0.3) is 11.2 Å². The van der Waals surface area contributed by atoms with Gasteiger partial charge in [-0.1, -0.05) is 28.1 Å². The largest absolute Gasteiger partial charge is 0.494 e. The van der Waals surface area contributed by atoms with Crippen molar-refractivity contribution >= 4 is 32.7 Å². The topological polar surface area (TPSA) is 114 Å². The number of hydrogen-bond donors (Lipinski definition) is 0. The molecule has 0 aliphatic rings. The number of fused-ring (bicyclic) bond motifs is 1. The Morgan fingerprint density at radius 1 is 1.00 bits per heavy atom. The normalized spacial score (nSPS) is 11.2. The third-order valence-electron chi connectivity index (χ3n) is 6.27. The first-order valence-corrected chi connectivity index (χ1v) is 12.6. The van der Waals surface area contributed by atoms with Crippen LogP contribution >= 0.6 is 15.9 Å². The third kappa shape index (κ3) is 4.35. The average molecular weight is 616 g/mol. The number of benzene rings is 3. The number of ether oxygens (including phenoxy) is 1. The van der Waals surface area contributed by atoms with Crippen LogP contribution in [0.2, 0.25) is 0 Å². The second-order valence-electron chi connectivity index (χ2n) is 8.47. The van der Waals surface area contributed by atoms with E-state index in [0.717, 1.165) is 22.8 Å². The van der Waals surface area contributed by atoms with Crippen molar-refractivity contribution in [2.24, 2.45) is 0 Å². The molecule has 0 fully saturated rings. The fraction of sp³-hybridized carbons (Fsp3) is 0.115. The monoisotopic (exact) mass is 615 g/mol. The number of alkyl halides is 1. The first-order valence-electron chi connectivity index (χ1n) is 11.5. The zero-order chi connectivity index (χ0) is 28.7. The predicted molar refractivity (Wildman–Crippen MR) is 142 cm³/mol. The third-order valence-corrected chi connectivity index (χ3v) is 6.80. The molecule has 204 valence electrons. The number of hydrogen-bond acceptors (Lipinski definition) is 6. The Hall–Kier alpha value is -4.72. The van der Waals surface area contributed by atoms with Gasteiger partial charge in [0.1, 0.15) is 17.0 Å². The van der Waals surface area contributed by atoms with Gasteiger partial charge in [0.05, 0.1) is 35.6 Å². The second-order valence-corrected chi connectivity index (χ2v) is 9.03. The maximum atomic E-state index is 15.3. The molecule has 0 N–H and O–H groups in total. The van der Waals surface area contributed by atoms with Gasteiger partial charge in [0, 0.05) is 23.0 Å². The lowest BCUT2D eigenvalue weighted by Crippen LogP contribution is -2.40. The number of nitro groups is 1. The Morgan fingerprint density at radius 3 is 2.25 bits per heavy atom. The van der Waals surface area contributed by atoms with Crippen molar-refractivity contribution in [1.29, 1.82) is 0 Å². The molecule has 0 atom stereocenters. The molecule has 5 rings (SSSR count). The maximum absolute atomic E-state index is 15.3. The highest BCUT2D eigenvalue weighted by Gasteiger charge is 2.26. The number of methoxy groups -OCH3 is 1. The van der Waals surface area contributed by atoms with E-state index in [1.54, 1.807) is 0 Å². The quantitative estimate of drug-likeness (QED) is 0.150. The molecule has 14 heteroatoms. The number of non-ortho nitro benzene ring substituents is 1. The SMILES string of the molecule is COc1cccc(-n2c(=O)c3c(CBr)n(-c4ccc([N+](=O)[O-])cc4)nc3n(Cc3c(F)cccc3F)c2=O)c1F. The molecular formula is C26H17BrF3N5O5. The summed E-state index contributed by atoms with van der Waals surface area (Å²) in [6.07, 6.45) is 0. The minimum atomic E-state index is -1.11. The molecule has 2 aromatic heterocycles. The van der Waals surface area contributed by atoms with E-state index in [2.05, 4.69) is 21.0 Å². The molecule has 0 unspecified atom stereocenters. The fourth-order valence-electron chi connectivity index (χ4n) is 4.34. The number of nitro benzene ring substituents is 1. The first-order chi connectivity index (χ1) is 19.2. The van der Waals surface area contributed by atoms with E-state index in [1.807, 2.05) is 0 Å². The number of rotatable bonds is 7. The highest BCUT2D eigenvalue weighted by molar-refractivity contribution is 9.08. The van der Waals surface area contributed by atoms with Crippen LogP contribution < -0.4 is 16.0 Å². The van der Waals surface area contributed by atoms with Crippen molar-refractivity contribution in [3.8, 4) is 17.1 Å². The fourth-order valence-corrected chi connectivity index (χ4v) is 4.85. The lowest BCUT2D eigenvalue weighted by molar-refractivity contribution is -0.384. The maximum Gasteiger partial charge on any atom is 0.337 e. The van der Waals surface area contributed by atoms with Crippen LogP contribution in [0.15, 0.2) is 70.3 Å². The molecule has 5 aromatic rings. The molecule has 10 nitrogen and oxygen atoms in total. The van der Waals surface area contributed by atoms with Crippen LogP contribution in [0.25, 0.3) is 22.4 Å². The molecule has 0 saturated carbocycles. The number of aromatic nitrogens is 4. The summed E-state index contributed by atoms with van der Waals surface area (Å²) in [7, 11) is 1.21. The average Bonchev–Trinajstić information content (AvgIpc) is 3.33. The second kappa shape index (κ2) is 10.4. The van der Waals surface area contributed by atoms with E-state index in [4.69, 9.17) is 4.74 Å². The van der Waals surface area contributed by atoms with Crippen LogP contribution in [0.3, 0.4) is 0 Å². The zero-order valence-corrected chi connectivity index (χ0v) is 22.1. The van der Waals surface area contributed by atoms with Crippen LogP contribution in [0.1, 0.15) is 11.3 Å². The van der Waals surface area contributed by atoms with Gasteiger partial charge in [0.15, 0.2) is 17.2 Å². The minimum Gasteiger partial charge on any atom is -0.494 e. The summed E-state index contributed by atoms with van der Waals surface area (Å²) in [4.78, 5) is 38.1. The summed E-state index contributed by atoms with van der Waals surface area (Å²) in [6, 6.07) is 12.3. The molecule has 3 aromatic carbocycles. The summed E-state index contributed by atoms with van der Waals surface area (Å²) in [5.74, 6) is -3.13. The van der Waals surface area contributed by atoms with Crippen molar-refractivity contribution in [2.75, 3.05) is 7.11 Å². The first kappa shape index (κ1) is 26.9. The summed E-state index contributed by atoms with van der Waals surface area (Å²) in [6.45, 7) is -0.682. The zero-order valence-electron chi connectivity index (χ0n) is 20.5. The van der Waals surface area contributed by atoms with Crippen LogP contribution in [0.5, 0.6) is 5.75 Å². The Morgan fingerprint density at radius 2 is 1.65 bits per heavy atom. The van der Waals surface area contributed by atoms with E-state index < -0.39 is 51.4 Å². The molecular weight excluding hydrogens is 599 g/mol. The Labute approximate surface area is 230 Å². The highest BCUT2D eigenvalue weighted by Crippen LogP contribution is 2.26. The summed E-state index contributed by atoms with van der Waals surface area (Å²) < 4.78 is 52.3. The van der Waals surface area contributed by atoms with Crippen molar-refractivity contribution in [3.05, 3.63) is 120 Å². The Balaban J connectivity index is 1.89. The van der Waals surface area contributed by atoms with Gasteiger partial charge in [0.2, 0.25) is 0 Å². The van der Waals surface area contributed by atoms with E-state index >= 15 is 4.39 Å². The predicted octanol–water partition coefficient (Wildman–Crippen LogP) is 4.62. The lowest BCUT2D eigenvalue weighted by Gasteiger charge is -2.14. The van der Waals surface area contributed by atoms with E-state index in [1.165, 1.54) is 54.3 Å². The van der Waals surface area contributed by atoms with Crippen LogP contribution in [0.4, 0.5) is 18.9 Å². The summed E-state index contributed by atoms with van der Waals surface area (Å²) in [5, 5.41) is 15.4. The smallest absolute Gasteiger partial charge is 0.337 e. The molecule has 40 heavy (non-hydrogen) atoms. The summed E-state index contributed by atoms with van der Waals surface area (Å²) >= 11 is 3.31. The lowest BCUT2D eigenvalue weighted by atomic mass is 10.2. The van der Waals surface area contributed by atoms with Gasteiger partial charge >= 0.3 is 5.69 Å². The molecule has 0 saturated heterocycles. The molecule has 0 bridgehead atoms. The molecule has 0 aliphatic heterocycles. The van der Waals surface area contributed by atoms with Crippen LogP contribution in [-0.4, -0.2) is 30.9 Å². The Kier molecular flexibility index (Phi) is 7.02. The van der Waals surface area contributed by atoms with Gasteiger partial charge in [-0.15, -0.1) is 5.10 Å². The standard InChI is InChI=1S/C26H17BrF3N5O5/c1-40-21-7-3-6-19(23(21)30)33-25(36)22-20(12-27)34(14-8-10-15(11-9-14)35(38)39)31-24(22)32(26(33)37)13-16-17(28)4-2-5-18(16)29/h2-11H,12-13H2,1H3. The Bertz CT molecular complexity index is 1900. The number of halogens is 4. The van der Waals surface area contributed by atoms with Gasteiger partial charge in [-0.2, -0.15) is 0 Å². The molecule has 0 spiro atoms. The summed E-state index contributed by atoms with van der Waals surface area (Å²) in [5.41, 5.74) is -2.90. The van der Waals surface area contributed by atoms with Gasteiger partial charge in [-0.3, -0.25) is 19.5 Å². The van der Waals surface area contributed by atoms with Gasteiger partial charge < -0.3 is 4.74 Å².